The Morgan fingerprint density at radius 1 is 1.60 bits per heavy atom. The summed E-state index contributed by atoms with van der Waals surface area (Å²) >= 11 is 1.54. The molecular formula is C7H14O2S. The van der Waals surface area contributed by atoms with Gasteiger partial charge in [-0.15, -0.1) is 0 Å². The molecule has 10 heavy (non-hydrogen) atoms. The van der Waals surface area contributed by atoms with E-state index >= 15 is 0 Å². The topological polar surface area (TPSA) is 26.3 Å². The van der Waals surface area contributed by atoms with Crippen LogP contribution in [0.1, 0.15) is 13.3 Å². The summed E-state index contributed by atoms with van der Waals surface area (Å²) < 4.78 is 5.03. The average molecular weight is 162 g/mol. The normalized spacial score (nSPS) is 9.80. The first-order valence-electron chi connectivity index (χ1n) is 3.39. The van der Waals surface area contributed by atoms with Crippen LogP contribution >= 0.6 is 11.8 Å². The lowest BCUT2D eigenvalue weighted by molar-refractivity contribution is -0.121. The minimum Gasteiger partial charge on any atom is -0.374 e. The van der Waals surface area contributed by atoms with Crippen LogP contribution in [0.25, 0.3) is 0 Å². The van der Waals surface area contributed by atoms with E-state index in [0.717, 1.165) is 6.42 Å². The fourth-order valence-electron chi connectivity index (χ4n) is 0.533. The molecule has 2 nitrogen and oxygen atoms in total. The highest BCUT2D eigenvalue weighted by Crippen LogP contribution is 1.92. The van der Waals surface area contributed by atoms with Crippen molar-refractivity contribution in [3.8, 4) is 0 Å². The molecule has 0 unspecified atom stereocenters. The molecule has 0 aromatic carbocycles. The quantitative estimate of drug-likeness (QED) is 0.551. The summed E-state index contributed by atoms with van der Waals surface area (Å²) in [4.78, 5) is 10.8. The molecule has 0 radical (unpaired) electrons. The van der Waals surface area contributed by atoms with Gasteiger partial charge in [-0.25, -0.2) is 0 Å². The van der Waals surface area contributed by atoms with Gasteiger partial charge in [-0.3, -0.25) is 4.79 Å². The summed E-state index contributed by atoms with van der Waals surface area (Å²) in [6, 6.07) is 0. The van der Waals surface area contributed by atoms with Crippen LogP contribution in [0.3, 0.4) is 0 Å². The molecule has 0 amide bonds. The molecule has 0 aliphatic heterocycles. The Labute approximate surface area is 66.3 Å². The van der Waals surface area contributed by atoms with Crippen molar-refractivity contribution in [2.45, 2.75) is 13.3 Å². The summed E-state index contributed by atoms with van der Waals surface area (Å²) in [6.07, 6.45) is 2.89. The van der Waals surface area contributed by atoms with Gasteiger partial charge in [0, 0.05) is 6.61 Å². The van der Waals surface area contributed by atoms with Crippen LogP contribution in [0, 0.1) is 0 Å². The number of ketones is 1. The Morgan fingerprint density at radius 3 is 2.80 bits per heavy atom. The molecule has 0 atom stereocenters. The maximum atomic E-state index is 10.8. The van der Waals surface area contributed by atoms with Crippen LogP contribution in [0.2, 0.25) is 0 Å². The van der Waals surface area contributed by atoms with E-state index < -0.39 is 0 Å². The highest BCUT2D eigenvalue weighted by Gasteiger charge is 1.98. The molecule has 0 rings (SSSR count). The van der Waals surface area contributed by atoms with Gasteiger partial charge in [0.15, 0.2) is 5.78 Å². The van der Waals surface area contributed by atoms with Gasteiger partial charge in [-0.2, -0.15) is 11.8 Å². The van der Waals surface area contributed by atoms with Gasteiger partial charge in [0.05, 0.1) is 5.75 Å². The van der Waals surface area contributed by atoms with Gasteiger partial charge in [0.2, 0.25) is 0 Å². The molecule has 0 aromatic heterocycles. The Morgan fingerprint density at radius 2 is 2.30 bits per heavy atom. The van der Waals surface area contributed by atoms with E-state index in [1.54, 1.807) is 0 Å². The molecule has 0 saturated heterocycles. The first-order chi connectivity index (χ1) is 4.81. The smallest absolute Gasteiger partial charge is 0.168 e. The predicted octanol–water partition coefficient (Wildman–Crippen LogP) is 1.35. The summed E-state index contributed by atoms with van der Waals surface area (Å²) in [5, 5.41) is 0. The number of carbonyl (C=O) groups excluding carboxylic acids is 1. The molecular weight excluding hydrogens is 148 g/mol. The monoisotopic (exact) mass is 162 g/mol. The Bertz CT molecular complexity index is 93.6. The van der Waals surface area contributed by atoms with E-state index in [2.05, 4.69) is 0 Å². The second-order valence-electron chi connectivity index (χ2n) is 2.02. The van der Waals surface area contributed by atoms with Crippen LogP contribution in [-0.2, 0) is 9.53 Å². The fraction of sp³-hybridized carbons (Fsp3) is 0.857. The van der Waals surface area contributed by atoms with Gasteiger partial charge in [-0.05, 0) is 12.7 Å². The van der Waals surface area contributed by atoms with E-state index in [9.17, 15) is 4.79 Å². The van der Waals surface area contributed by atoms with Crippen LogP contribution in [-0.4, -0.2) is 31.0 Å². The van der Waals surface area contributed by atoms with E-state index in [1.807, 2.05) is 13.2 Å². The van der Waals surface area contributed by atoms with Crippen molar-refractivity contribution in [3.05, 3.63) is 0 Å². The molecule has 0 N–H and O–H groups in total. The standard InChI is InChI=1S/C7H14O2S/c1-3-4-9-5-7(8)6-10-2/h3-6H2,1-2H3. The van der Waals surface area contributed by atoms with Gasteiger partial charge >= 0.3 is 0 Å². The summed E-state index contributed by atoms with van der Waals surface area (Å²) in [5.41, 5.74) is 0. The van der Waals surface area contributed by atoms with E-state index in [1.165, 1.54) is 11.8 Å². The predicted molar refractivity (Wildman–Crippen MR) is 44.5 cm³/mol. The first kappa shape index (κ1) is 9.98. The lowest BCUT2D eigenvalue weighted by atomic mass is 10.5. The highest BCUT2D eigenvalue weighted by molar-refractivity contribution is 7.99. The average Bonchev–Trinajstić information content (AvgIpc) is 1.89. The lowest BCUT2D eigenvalue weighted by Gasteiger charge is -1.98. The second-order valence-corrected chi connectivity index (χ2v) is 2.89. The summed E-state index contributed by atoms with van der Waals surface area (Å²) in [5.74, 6) is 0.755. The lowest BCUT2D eigenvalue weighted by Crippen LogP contribution is -2.11. The van der Waals surface area contributed by atoms with Crippen LogP contribution in [0.5, 0.6) is 0 Å². The number of rotatable bonds is 6. The number of hydrogen-bond acceptors (Lipinski definition) is 3. The van der Waals surface area contributed by atoms with Gasteiger partial charge in [0.25, 0.3) is 0 Å². The van der Waals surface area contributed by atoms with Gasteiger partial charge < -0.3 is 4.74 Å². The molecule has 0 bridgehead atoms. The summed E-state index contributed by atoms with van der Waals surface area (Å²) in [7, 11) is 0. The Hall–Kier alpha value is -0.0200. The molecule has 0 aliphatic rings. The first-order valence-corrected chi connectivity index (χ1v) is 4.79. The fourth-order valence-corrected chi connectivity index (χ4v) is 0.938. The second kappa shape index (κ2) is 7.09. The largest absolute Gasteiger partial charge is 0.374 e. The van der Waals surface area contributed by atoms with Gasteiger partial charge in [0.1, 0.15) is 6.61 Å². The molecule has 0 aliphatic carbocycles. The zero-order valence-corrected chi connectivity index (χ0v) is 7.37. The molecule has 0 fully saturated rings. The maximum absolute atomic E-state index is 10.8. The van der Waals surface area contributed by atoms with Crippen molar-refractivity contribution in [1.29, 1.82) is 0 Å². The van der Waals surface area contributed by atoms with Crippen molar-refractivity contribution in [2.24, 2.45) is 0 Å². The number of thioether (sulfide) groups is 1. The maximum Gasteiger partial charge on any atom is 0.168 e. The highest BCUT2D eigenvalue weighted by atomic mass is 32.2. The minimum absolute atomic E-state index is 0.181. The molecule has 0 heterocycles. The number of Topliss-reactive ketones (excluding diaryl/α,β-unsaturated/α-hetero) is 1. The van der Waals surface area contributed by atoms with Crippen LogP contribution in [0.15, 0.2) is 0 Å². The molecule has 0 saturated carbocycles. The molecule has 0 aromatic rings. The van der Waals surface area contributed by atoms with Crippen LogP contribution in [0.4, 0.5) is 0 Å². The van der Waals surface area contributed by atoms with Crippen molar-refractivity contribution in [2.75, 3.05) is 25.2 Å². The number of carbonyl (C=O) groups is 1. The van der Waals surface area contributed by atoms with Crippen molar-refractivity contribution in [3.63, 3.8) is 0 Å². The molecule has 3 heteroatoms. The Kier molecular flexibility index (Phi) is 7.08. The SMILES string of the molecule is CCCOCC(=O)CSC. The third kappa shape index (κ3) is 6.11. The number of ether oxygens (including phenoxy) is 1. The zero-order valence-electron chi connectivity index (χ0n) is 6.55. The van der Waals surface area contributed by atoms with Crippen molar-refractivity contribution < 1.29 is 9.53 Å². The number of hydrogen-bond donors (Lipinski definition) is 0. The third-order valence-corrected chi connectivity index (χ3v) is 1.53. The van der Waals surface area contributed by atoms with E-state index in [-0.39, 0.29) is 12.4 Å². The molecule has 0 spiro atoms. The third-order valence-electron chi connectivity index (χ3n) is 0.917. The zero-order chi connectivity index (χ0) is 7.82. The van der Waals surface area contributed by atoms with Crippen LogP contribution < -0.4 is 0 Å². The van der Waals surface area contributed by atoms with E-state index in [0.29, 0.717) is 12.4 Å². The Balaban J connectivity index is 3.05. The van der Waals surface area contributed by atoms with Gasteiger partial charge in [-0.1, -0.05) is 6.92 Å². The molecule has 60 valence electrons. The van der Waals surface area contributed by atoms with Crippen molar-refractivity contribution >= 4 is 17.5 Å². The van der Waals surface area contributed by atoms with Crippen molar-refractivity contribution in [1.82, 2.24) is 0 Å². The van der Waals surface area contributed by atoms with E-state index in [4.69, 9.17) is 4.74 Å². The minimum atomic E-state index is 0.181. The summed E-state index contributed by atoms with van der Waals surface area (Å²) in [6.45, 7) is 3.01.